The SMILES string of the molecule is CCCCCC[C@H](OC(=O)c1c(O)cc(C)cc1Oc1c(O)cc(C)cc1C(=O)OC)c1oc(=O)cc(OC)c1CO. The van der Waals surface area contributed by atoms with E-state index in [0.717, 1.165) is 25.3 Å². The van der Waals surface area contributed by atoms with Gasteiger partial charge in [-0.1, -0.05) is 26.2 Å². The molecule has 0 unspecified atom stereocenters. The molecule has 0 bridgehead atoms. The first kappa shape index (κ1) is 32.0. The van der Waals surface area contributed by atoms with Crippen molar-refractivity contribution in [1.82, 2.24) is 0 Å². The fourth-order valence-electron chi connectivity index (χ4n) is 4.55. The number of phenols is 2. The van der Waals surface area contributed by atoms with Gasteiger partial charge < -0.3 is 38.7 Å². The summed E-state index contributed by atoms with van der Waals surface area (Å²) in [5.41, 5.74) is -0.0657. The number of aliphatic hydroxyl groups excluding tert-OH is 1. The number of hydrogen-bond donors (Lipinski definition) is 3. The van der Waals surface area contributed by atoms with Crippen LogP contribution in [0.2, 0.25) is 0 Å². The van der Waals surface area contributed by atoms with Gasteiger partial charge in [-0.2, -0.15) is 0 Å². The van der Waals surface area contributed by atoms with E-state index in [1.54, 1.807) is 13.8 Å². The van der Waals surface area contributed by atoms with E-state index in [1.807, 2.05) is 6.92 Å². The van der Waals surface area contributed by atoms with Crippen LogP contribution in [0.5, 0.6) is 28.7 Å². The second-order valence-corrected chi connectivity index (χ2v) is 9.79. The summed E-state index contributed by atoms with van der Waals surface area (Å²) in [7, 11) is 2.50. The monoisotopic (exact) mass is 584 g/mol. The molecule has 1 heterocycles. The Bertz CT molecular complexity index is 1490. The highest BCUT2D eigenvalue weighted by Crippen LogP contribution is 2.41. The van der Waals surface area contributed by atoms with Gasteiger partial charge in [0.15, 0.2) is 23.4 Å². The second kappa shape index (κ2) is 14.4. The van der Waals surface area contributed by atoms with Gasteiger partial charge in [0, 0.05) is 0 Å². The van der Waals surface area contributed by atoms with Gasteiger partial charge in [-0.05, 0) is 62.1 Å². The second-order valence-electron chi connectivity index (χ2n) is 9.79. The normalized spacial score (nSPS) is 11.6. The van der Waals surface area contributed by atoms with Gasteiger partial charge in [0.2, 0.25) is 0 Å². The van der Waals surface area contributed by atoms with E-state index >= 15 is 0 Å². The molecule has 2 aromatic carbocycles. The van der Waals surface area contributed by atoms with E-state index in [2.05, 4.69) is 0 Å². The van der Waals surface area contributed by atoms with Gasteiger partial charge in [0.05, 0.1) is 32.5 Å². The number of phenolic OH excluding ortho intramolecular Hbond substituents is 2. The maximum atomic E-state index is 13.7. The van der Waals surface area contributed by atoms with Crippen LogP contribution in [0.3, 0.4) is 0 Å². The largest absolute Gasteiger partial charge is 0.507 e. The summed E-state index contributed by atoms with van der Waals surface area (Å²) in [6.07, 6.45) is 2.39. The number of esters is 2. The molecule has 0 fully saturated rings. The predicted octanol–water partition coefficient (Wildman–Crippen LogP) is 5.62. The Kier molecular flexibility index (Phi) is 11.0. The minimum Gasteiger partial charge on any atom is -0.507 e. The lowest BCUT2D eigenvalue weighted by Gasteiger charge is -2.21. The number of ether oxygens (including phenoxy) is 4. The Hall–Kier alpha value is -4.51. The third-order valence-corrected chi connectivity index (χ3v) is 6.55. The van der Waals surface area contributed by atoms with Crippen LogP contribution in [0.15, 0.2) is 39.5 Å². The highest BCUT2D eigenvalue weighted by Gasteiger charge is 2.30. The molecule has 11 nitrogen and oxygen atoms in total. The first-order valence-corrected chi connectivity index (χ1v) is 13.5. The lowest BCUT2D eigenvalue weighted by Crippen LogP contribution is -2.17. The molecule has 226 valence electrons. The molecule has 0 amide bonds. The van der Waals surface area contributed by atoms with Crippen molar-refractivity contribution < 1.29 is 48.3 Å². The molecule has 1 atom stereocenters. The standard InChI is InChI=1S/C31H36O11/c1-6-7-8-9-10-23(29-20(16-32)24(38-4)15-26(35)42-29)41-31(37)27-21(33)12-18(3)14-25(27)40-28-19(30(36)39-5)11-17(2)13-22(28)34/h11-15,23,32-34H,6-10,16H2,1-5H3/t23-/m0/s1. The van der Waals surface area contributed by atoms with E-state index in [9.17, 15) is 29.7 Å². The zero-order valence-corrected chi connectivity index (χ0v) is 24.3. The number of unbranched alkanes of at least 4 members (excludes halogenated alkanes) is 3. The number of hydrogen-bond acceptors (Lipinski definition) is 11. The number of benzene rings is 2. The smallest absolute Gasteiger partial charge is 0.346 e. The van der Waals surface area contributed by atoms with Crippen molar-refractivity contribution in [1.29, 1.82) is 0 Å². The molecule has 0 aliphatic carbocycles. The average Bonchev–Trinajstić information content (AvgIpc) is 2.94. The Labute approximate surface area is 243 Å². The Morgan fingerprint density at radius 2 is 1.60 bits per heavy atom. The van der Waals surface area contributed by atoms with E-state index < -0.39 is 47.3 Å². The van der Waals surface area contributed by atoms with Crippen LogP contribution in [-0.4, -0.2) is 41.5 Å². The molecule has 3 rings (SSSR count). The van der Waals surface area contributed by atoms with Gasteiger partial charge >= 0.3 is 17.6 Å². The van der Waals surface area contributed by atoms with E-state index in [0.29, 0.717) is 17.5 Å². The minimum atomic E-state index is -1.13. The topological polar surface area (TPSA) is 162 Å². The van der Waals surface area contributed by atoms with Gasteiger partial charge in [0.1, 0.15) is 28.4 Å². The molecule has 0 saturated heterocycles. The first-order chi connectivity index (χ1) is 20.0. The van der Waals surface area contributed by atoms with Gasteiger partial charge in [-0.3, -0.25) is 0 Å². The van der Waals surface area contributed by atoms with E-state index in [-0.39, 0.29) is 40.6 Å². The molecule has 11 heteroatoms. The molecule has 0 saturated carbocycles. The molecule has 0 aliphatic rings. The molecule has 3 N–H and O–H groups in total. The number of methoxy groups -OCH3 is 2. The third-order valence-electron chi connectivity index (χ3n) is 6.55. The third kappa shape index (κ3) is 7.41. The Morgan fingerprint density at radius 3 is 2.24 bits per heavy atom. The summed E-state index contributed by atoms with van der Waals surface area (Å²) >= 11 is 0. The van der Waals surface area contributed by atoms with Crippen molar-refractivity contribution in [3.63, 3.8) is 0 Å². The number of carbonyl (C=O) groups excluding carboxylic acids is 2. The maximum absolute atomic E-state index is 13.7. The first-order valence-electron chi connectivity index (χ1n) is 13.5. The molecule has 3 aromatic rings. The Balaban J connectivity index is 2.10. The van der Waals surface area contributed by atoms with Crippen LogP contribution in [0.1, 0.15) is 88.3 Å². The number of aryl methyl sites for hydroxylation is 2. The number of aliphatic hydroxyl groups is 1. The molecule has 1 aromatic heterocycles. The van der Waals surface area contributed by atoms with Crippen molar-refractivity contribution in [2.45, 2.75) is 65.6 Å². The van der Waals surface area contributed by atoms with Crippen molar-refractivity contribution >= 4 is 11.9 Å². The molecule has 0 aliphatic heterocycles. The van der Waals surface area contributed by atoms with Crippen molar-refractivity contribution in [3.05, 3.63) is 74.3 Å². The van der Waals surface area contributed by atoms with Crippen molar-refractivity contribution in [2.75, 3.05) is 14.2 Å². The lowest BCUT2D eigenvalue weighted by molar-refractivity contribution is 0.0190. The highest BCUT2D eigenvalue weighted by molar-refractivity contribution is 5.97. The predicted molar refractivity (Wildman–Crippen MR) is 151 cm³/mol. The molecule has 0 radical (unpaired) electrons. The number of carbonyl (C=O) groups is 2. The van der Waals surface area contributed by atoms with Gasteiger partial charge in [-0.15, -0.1) is 0 Å². The summed E-state index contributed by atoms with van der Waals surface area (Å²) in [4.78, 5) is 38.4. The van der Waals surface area contributed by atoms with Crippen molar-refractivity contribution in [3.8, 4) is 28.7 Å². The fourth-order valence-corrected chi connectivity index (χ4v) is 4.55. The summed E-state index contributed by atoms with van der Waals surface area (Å²) in [6, 6.07) is 6.64. The highest BCUT2D eigenvalue weighted by atomic mass is 16.6. The minimum absolute atomic E-state index is 0.0748. The lowest BCUT2D eigenvalue weighted by atomic mass is 10.0. The maximum Gasteiger partial charge on any atom is 0.346 e. The van der Waals surface area contributed by atoms with Gasteiger partial charge in [-0.25, -0.2) is 14.4 Å². The molecule has 0 spiro atoms. The van der Waals surface area contributed by atoms with Crippen LogP contribution in [0.4, 0.5) is 0 Å². The average molecular weight is 585 g/mol. The fraction of sp³-hybridized carbons (Fsp3) is 0.387. The van der Waals surface area contributed by atoms with E-state index in [4.69, 9.17) is 23.4 Å². The van der Waals surface area contributed by atoms with Crippen LogP contribution < -0.4 is 15.1 Å². The van der Waals surface area contributed by atoms with Gasteiger partial charge in [0.25, 0.3) is 0 Å². The number of aromatic hydroxyl groups is 2. The Morgan fingerprint density at radius 1 is 0.905 bits per heavy atom. The van der Waals surface area contributed by atoms with E-state index in [1.165, 1.54) is 38.5 Å². The van der Waals surface area contributed by atoms with Crippen LogP contribution in [0, 0.1) is 13.8 Å². The summed E-state index contributed by atoms with van der Waals surface area (Å²) in [5.74, 6) is -3.21. The molecular weight excluding hydrogens is 548 g/mol. The summed E-state index contributed by atoms with van der Waals surface area (Å²) < 4.78 is 27.2. The van der Waals surface area contributed by atoms with Crippen LogP contribution in [-0.2, 0) is 16.1 Å². The summed E-state index contributed by atoms with van der Waals surface area (Å²) in [5, 5.41) is 31.5. The zero-order chi connectivity index (χ0) is 31.0. The summed E-state index contributed by atoms with van der Waals surface area (Å²) in [6.45, 7) is 4.79. The van der Waals surface area contributed by atoms with Crippen LogP contribution >= 0.6 is 0 Å². The number of rotatable bonds is 13. The van der Waals surface area contributed by atoms with Crippen molar-refractivity contribution in [2.24, 2.45) is 0 Å². The van der Waals surface area contributed by atoms with Crippen LogP contribution in [0.25, 0.3) is 0 Å². The molecular formula is C31H36O11. The molecule has 42 heavy (non-hydrogen) atoms. The zero-order valence-electron chi connectivity index (χ0n) is 24.3. The quantitative estimate of drug-likeness (QED) is 0.169.